The normalized spacial score (nSPS) is 22.3. The lowest BCUT2D eigenvalue weighted by atomic mass is 10.0. The van der Waals surface area contributed by atoms with E-state index in [2.05, 4.69) is 4.90 Å². The highest BCUT2D eigenvalue weighted by molar-refractivity contribution is 6.33. The minimum atomic E-state index is -0.349. The maximum Gasteiger partial charge on any atom is 0.150 e. The average Bonchev–Trinajstić information content (AvgIpc) is 2.36. The first-order valence-corrected chi connectivity index (χ1v) is 6.61. The third kappa shape index (κ3) is 3.26. The molecule has 1 aliphatic heterocycles. The smallest absolute Gasteiger partial charge is 0.150 e. The lowest BCUT2D eigenvalue weighted by Gasteiger charge is -2.43. The largest absolute Gasteiger partial charge is 0.394 e. The number of rotatable bonds is 3. The van der Waals surface area contributed by atoms with Crippen molar-refractivity contribution in [3.63, 3.8) is 0 Å². The molecule has 1 saturated heterocycles. The van der Waals surface area contributed by atoms with Crippen LogP contribution in [0.25, 0.3) is 0 Å². The van der Waals surface area contributed by atoms with Gasteiger partial charge in [0, 0.05) is 18.7 Å². The number of anilines is 1. The van der Waals surface area contributed by atoms with Crippen molar-refractivity contribution in [2.24, 2.45) is 0 Å². The van der Waals surface area contributed by atoms with Crippen molar-refractivity contribution in [2.45, 2.75) is 25.6 Å². The molecule has 1 unspecified atom stereocenters. The van der Waals surface area contributed by atoms with E-state index in [1.807, 2.05) is 19.9 Å². The molecule has 0 saturated carbocycles. The monoisotopic (exact) mass is 283 g/mol. The van der Waals surface area contributed by atoms with E-state index >= 15 is 0 Å². The third-order valence-corrected chi connectivity index (χ3v) is 3.44. The van der Waals surface area contributed by atoms with Gasteiger partial charge in [-0.3, -0.25) is 4.79 Å². The molecule has 0 amide bonds. The van der Waals surface area contributed by atoms with Crippen LogP contribution in [0.1, 0.15) is 24.2 Å². The Hall–Kier alpha value is -1.10. The molecule has 104 valence electrons. The van der Waals surface area contributed by atoms with Crippen LogP contribution < -0.4 is 4.90 Å². The van der Waals surface area contributed by atoms with Gasteiger partial charge in [0.15, 0.2) is 0 Å². The Labute approximate surface area is 117 Å². The molecule has 19 heavy (non-hydrogen) atoms. The number of benzene rings is 1. The Morgan fingerprint density at radius 2 is 2.32 bits per heavy atom. The van der Waals surface area contributed by atoms with Crippen LogP contribution >= 0.6 is 11.6 Å². The molecule has 1 fully saturated rings. The lowest BCUT2D eigenvalue weighted by molar-refractivity contribution is -0.101. The van der Waals surface area contributed by atoms with Crippen molar-refractivity contribution in [1.29, 1.82) is 0 Å². The number of ether oxygens (including phenoxy) is 1. The summed E-state index contributed by atoms with van der Waals surface area (Å²) in [6.07, 6.45) is 0.542. The first-order valence-electron chi connectivity index (χ1n) is 6.23. The number of hydrogen-bond donors (Lipinski definition) is 1. The average molecular weight is 284 g/mol. The zero-order valence-corrected chi connectivity index (χ0v) is 11.9. The molecule has 1 aromatic carbocycles. The van der Waals surface area contributed by atoms with Crippen LogP contribution in [-0.4, -0.2) is 42.8 Å². The quantitative estimate of drug-likeness (QED) is 0.864. The van der Waals surface area contributed by atoms with Gasteiger partial charge in [0.1, 0.15) is 6.29 Å². The van der Waals surface area contributed by atoms with Gasteiger partial charge in [-0.1, -0.05) is 11.6 Å². The number of morpholine rings is 1. The van der Waals surface area contributed by atoms with Gasteiger partial charge >= 0.3 is 0 Å². The summed E-state index contributed by atoms with van der Waals surface area (Å²) in [6, 6.07) is 5.23. The zero-order valence-electron chi connectivity index (χ0n) is 11.1. The van der Waals surface area contributed by atoms with Crippen LogP contribution in [0, 0.1) is 0 Å². The van der Waals surface area contributed by atoms with E-state index in [-0.39, 0.29) is 18.3 Å². The molecule has 1 atom stereocenters. The number of aliphatic hydroxyl groups excluding tert-OH is 1. The van der Waals surface area contributed by atoms with Crippen molar-refractivity contribution >= 4 is 23.6 Å². The first kappa shape index (κ1) is 14.3. The fourth-order valence-electron chi connectivity index (χ4n) is 2.43. The highest BCUT2D eigenvalue weighted by Gasteiger charge is 2.33. The lowest BCUT2D eigenvalue weighted by Crippen LogP contribution is -2.54. The van der Waals surface area contributed by atoms with Gasteiger partial charge in [0.05, 0.1) is 29.0 Å². The van der Waals surface area contributed by atoms with E-state index in [9.17, 15) is 9.90 Å². The Balaban J connectivity index is 2.27. The predicted octanol–water partition coefficient (Wildman–Crippen LogP) is 2.13. The van der Waals surface area contributed by atoms with Gasteiger partial charge < -0.3 is 14.7 Å². The van der Waals surface area contributed by atoms with Gasteiger partial charge in [-0.25, -0.2) is 0 Å². The van der Waals surface area contributed by atoms with E-state index in [0.717, 1.165) is 12.0 Å². The molecule has 0 spiro atoms. The topological polar surface area (TPSA) is 49.8 Å². The highest BCUT2D eigenvalue weighted by atomic mass is 35.5. The Morgan fingerprint density at radius 3 is 2.89 bits per heavy atom. The highest BCUT2D eigenvalue weighted by Crippen LogP contribution is 2.31. The molecule has 0 aromatic heterocycles. The van der Waals surface area contributed by atoms with Crippen LogP contribution in [0.2, 0.25) is 5.02 Å². The van der Waals surface area contributed by atoms with Crippen LogP contribution in [-0.2, 0) is 4.74 Å². The molecule has 5 heteroatoms. The van der Waals surface area contributed by atoms with Gasteiger partial charge in [-0.15, -0.1) is 0 Å². The molecule has 1 aliphatic rings. The van der Waals surface area contributed by atoms with Crippen molar-refractivity contribution in [3.8, 4) is 0 Å². The van der Waals surface area contributed by atoms with Crippen molar-refractivity contribution < 1.29 is 14.6 Å². The summed E-state index contributed by atoms with van der Waals surface area (Å²) in [7, 11) is 0. The maximum atomic E-state index is 10.7. The first-order chi connectivity index (χ1) is 8.95. The van der Waals surface area contributed by atoms with E-state index < -0.39 is 0 Å². The summed E-state index contributed by atoms with van der Waals surface area (Å²) in [5.41, 5.74) is 1.07. The summed E-state index contributed by atoms with van der Waals surface area (Å²) in [4.78, 5) is 12.8. The predicted molar refractivity (Wildman–Crippen MR) is 75.1 cm³/mol. The molecule has 0 bridgehead atoms. The zero-order chi connectivity index (χ0) is 14.0. The van der Waals surface area contributed by atoms with E-state index in [0.29, 0.717) is 23.7 Å². The summed E-state index contributed by atoms with van der Waals surface area (Å²) in [5, 5.41) is 9.85. The van der Waals surface area contributed by atoms with Crippen LogP contribution in [0.3, 0.4) is 0 Å². The second-order valence-electron chi connectivity index (χ2n) is 5.39. The Morgan fingerprint density at radius 1 is 1.58 bits per heavy atom. The summed E-state index contributed by atoms with van der Waals surface area (Å²) >= 11 is 6.22. The fraction of sp³-hybridized carbons (Fsp3) is 0.500. The summed E-state index contributed by atoms with van der Waals surface area (Å²) in [6.45, 7) is 5.21. The number of carbonyl (C=O) groups excluding carboxylic acids is 1. The molecular weight excluding hydrogens is 266 g/mol. The summed E-state index contributed by atoms with van der Waals surface area (Å²) < 4.78 is 5.77. The molecule has 1 heterocycles. The number of aliphatic hydroxyl groups is 1. The van der Waals surface area contributed by atoms with Crippen molar-refractivity contribution in [2.75, 3.05) is 24.6 Å². The Bertz CT molecular complexity index is 476. The number of halogens is 1. The molecule has 0 aliphatic carbocycles. The standard InChI is InChI=1S/C14H18ClNO3/c1-14(2)9-16(6-11(8-18)19-14)13-4-3-10(7-17)5-12(13)15/h3-5,7,11,18H,6,8-9H2,1-2H3. The van der Waals surface area contributed by atoms with E-state index in [4.69, 9.17) is 16.3 Å². The number of hydrogen-bond acceptors (Lipinski definition) is 4. The minimum Gasteiger partial charge on any atom is -0.394 e. The molecule has 2 rings (SSSR count). The molecule has 1 N–H and O–H groups in total. The number of carbonyl (C=O) groups is 1. The molecule has 1 aromatic rings. The molecule has 0 radical (unpaired) electrons. The van der Waals surface area contributed by atoms with Crippen LogP contribution in [0.4, 0.5) is 5.69 Å². The van der Waals surface area contributed by atoms with E-state index in [1.54, 1.807) is 12.1 Å². The van der Waals surface area contributed by atoms with Crippen molar-refractivity contribution in [1.82, 2.24) is 0 Å². The maximum absolute atomic E-state index is 10.7. The SMILES string of the molecule is CC1(C)CN(c2ccc(C=O)cc2Cl)CC(CO)O1. The van der Waals surface area contributed by atoms with Gasteiger partial charge in [0.2, 0.25) is 0 Å². The summed E-state index contributed by atoms with van der Waals surface area (Å²) in [5.74, 6) is 0. The van der Waals surface area contributed by atoms with Crippen LogP contribution in [0.15, 0.2) is 18.2 Å². The van der Waals surface area contributed by atoms with E-state index in [1.165, 1.54) is 0 Å². The van der Waals surface area contributed by atoms with Gasteiger partial charge in [-0.2, -0.15) is 0 Å². The molecular formula is C14H18ClNO3. The third-order valence-electron chi connectivity index (χ3n) is 3.13. The Kier molecular flexibility index (Phi) is 4.13. The second kappa shape index (κ2) is 5.49. The van der Waals surface area contributed by atoms with Gasteiger partial charge in [-0.05, 0) is 32.0 Å². The number of nitrogens with zero attached hydrogens (tertiary/aromatic N) is 1. The number of aldehydes is 1. The minimum absolute atomic E-state index is 0.0238. The van der Waals surface area contributed by atoms with Crippen LogP contribution in [0.5, 0.6) is 0 Å². The fourth-order valence-corrected chi connectivity index (χ4v) is 2.74. The second-order valence-corrected chi connectivity index (χ2v) is 5.80. The van der Waals surface area contributed by atoms with Crippen molar-refractivity contribution in [3.05, 3.63) is 28.8 Å². The molecule has 4 nitrogen and oxygen atoms in total. The van der Waals surface area contributed by atoms with Gasteiger partial charge in [0.25, 0.3) is 0 Å².